The Bertz CT molecular complexity index is 793. The lowest BCUT2D eigenvalue weighted by Gasteiger charge is -2.18. The van der Waals surface area contributed by atoms with Gasteiger partial charge in [-0.2, -0.15) is 0 Å². The zero-order valence-electron chi connectivity index (χ0n) is 15.0. The molecule has 0 spiro atoms. The third-order valence-electron chi connectivity index (χ3n) is 4.59. The molecule has 2 amide bonds. The number of ether oxygens (including phenoxy) is 2. The van der Waals surface area contributed by atoms with Gasteiger partial charge in [-0.05, 0) is 25.3 Å². The molecule has 0 aromatic heterocycles. The number of alkyl halides is 1. The van der Waals surface area contributed by atoms with Gasteiger partial charge in [-0.25, -0.2) is 0 Å². The minimum absolute atomic E-state index is 0.211. The summed E-state index contributed by atoms with van der Waals surface area (Å²) >= 11 is 3.40. The maximum Gasteiger partial charge on any atom is 0.260 e. The summed E-state index contributed by atoms with van der Waals surface area (Å²) in [5.74, 6) is 0.222. The van der Waals surface area contributed by atoms with Crippen molar-refractivity contribution in [2.24, 2.45) is 0 Å². The molecule has 0 aliphatic carbocycles. The molecular weight excluding hydrogens is 416 g/mol. The average Bonchev–Trinajstić information content (AvgIpc) is 3.08. The Morgan fingerprint density at radius 2 is 2.07 bits per heavy atom. The molecule has 0 bridgehead atoms. The highest BCUT2D eigenvalue weighted by Gasteiger charge is 2.39. The van der Waals surface area contributed by atoms with Crippen molar-refractivity contribution in [2.75, 3.05) is 24.4 Å². The van der Waals surface area contributed by atoms with Gasteiger partial charge >= 0.3 is 0 Å². The lowest BCUT2D eigenvalue weighted by atomic mass is 10.1. The number of nitrogens with zero attached hydrogens (tertiary/aromatic N) is 1. The van der Waals surface area contributed by atoms with Crippen molar-refractivity contribution >= 4 is 39.7 Å². The van der Waals surface area contributed by atoms with Gasteiger partial charge in [0.05, 0.1) is 25.0 Å². The fourth-order valence-electron chi connectivity index (χ4n) is 3.16. The number of carbonyl (C=O) groups excluding carboxylic acids is 3. The van der Waals surface area contributed by atoms with Crippen LogP contribution in [0.5, 0.6) is 11.5 Å². The van der Waals surface area contributed by atoms with Gasteiger partial charge in [0.1, 0.15) is 12.3 Å². The van der Waals surface area contributed by atoms with Crippen LogP contribution in [-0.2, 0) is 9.59 Å². The third-order valence-corrected chi connectivity index (χ3v) is 5.15. The van der Waals surface area contributed by atoms with Crippen molar-refractivity contribution in [2.45, 2.75) is 31.7 Å². The first-order valence-electron chi connectivity index (χ1n) is 8.79. The van der Waals surface area contributed by atoms with E-state index in [-0.39, 0.29) is 18.2 Å². The molecule has 3 rings (SSSR count). The Labute approximate surface area is 165 Å². The van der Waals surface area contributed by atoms with Gasteiger partial charge in [-0.15, -0.1) is 0 Å². The standard InChI is InChI=1S/C19H21BrN2O5/c1-26-16-8-13-14(9-17(16)27-6-4-2-3-5-20)21-18(24)15-7-12(11-23)10-22(15)19(13)25/h8-11,15H,2-7H2,1H3,(H,21,24)/t15-/m0/s1. The summed E-state index contributed by atoms with van der Waals surface area (Å²) in [6, 6.07) is 2.48. The molecule has 0 saturated carbocycles. The Balaban J connectivity index is 1.87. The predicted octanol–water partition coefficient (Wildman–Crippen LogP) is 2.89. The number of halogens is 1. The summed E-state index contributed by atoms with van der Waals surface area (Å²) in [5.41, 5.74) is 1.11. The van der Waals surface area contributed by atoms with Crippen LogP contribution >= 0.6 is 15.9 Å². The molecular formula is C19H21BrN2O5. The Morgan fingerprint density at radius 3 is 2.78 bits per heavy atom. The van der Waals surface area contributed by atoms with Gasteiger partial charge in [0, 0.05) is 29.6 Å². The quantitative estimate of drug-likeness (QED) is 0.384. The molecule has 2 aliphatic heterocycles. The summed E-state index contributed by atoms with van der Waals surface area (Å²) in [6.07, 6.45) is 5.33. The van der Waals surface area contributed by atoms with E-state index in [1.807, 2.05) is 0 Å². The minimum Gasteiger partial charge on any atom is -0.493 e. The summed E-state index contributed by atoms with van der Waals surface area (Å²) in [5, 5.41) is 3.74. The number of amides is 2. The molecule has 144 valence electrons. The van der Waals surface area contributed by atoms with Gasteiger partial charge in [-0.3, -0.25) is 14.4 Å². The zero-order valence-corrected chi connectivity index (χ0v) is 16.6. The normalized spacial score (nSPS) is 18.2. The molecule has 2 aliphatic rings. The molecule has 7 nitrogen and oxygen atoms in total. The molecule has 27 heavy (non-hydrogen) atoms. The largest absolute Gasteiger partial charge is 0.493 e. The van der Waals surface area contributed by atoms with Gasteiger partial charge in [0.2, 0.25) is 5.91 Å². The van der Waals surface area contributed by atoms with E-state index in [4.69, 9.17) is 9.47 Å². The fourth-order valence-corrected chi connectivity index (χ4v) is 3.56. The molecule has 0 fully saturated rings. The van der Waals surface area contributed by atoms with Crippen LogP contribution < -0.4 is 14.8 Å². The van der Waals surface area contributed by atoms with E-state index in [0.717, 1.165) is 24.6 Å². The van der Waals surface area contributed by atoms with Gasteiger partial charge in [0.25, 0.3) is 5.91 Å². The summed E-state index contributed by atoms with van der Waals surface area (Å²) in [4.78, 5) is 37.8. The topological polar surface area (TPSA) is 84.9 Å². The van der Waals surface area contributed by atoms with Crippen molar-refractivity contribution in [3.63, 3.8) is 0 Å². The number of unbranched alkanes of at least 4 members (excludes halogenated alkanes) is 2. The summed E-state index contributed by atoms with van der Waals surface area (Å²) < 4.78 is 11.2. The maximum absolute atomic E-state index is 12.9. The highest BCUT2D eigenvalue weighted by molar-refractivity contribution is 9.09. The molecule has 1 aromatic carbocycles. The van der Waals surface area contributed by atoms with Crippen LogP contribution in [0.25, 0.3) is 0 Å². The highest BCUT2D eigenvalue weighted by atomic mass is 79.9. The number of methoxy groups -OCH3 is 1. The number of aldehydes is 1. The van der Waals surface area contributed by atoms with Gasteiger partial charge in [-0.1, -0.05) is 15.9 Å². The van der Waals surface area contributed by atoms with Crippen LogP contribution in [0.2, 0.25) is 0 Å². The smallest absolute Gasteiger partial charge is 0.260 e. The number of hydrogen-bond acceptors (Lipinski definition) is 5. The van der Waals surface area contributed by atoms with E-state index in [1.54, 1.807) is 12.1 Å². The zero-order chi connectivity index (χ0) is 19.4. The van der Waals surface area contributed by atoms with E-state index in [1.165, 1.54) is 18.2 Å². The fraction of sp³-hybridized carbons (Fsp3) is 0.421. The lowest BCUT2D eigenvalue weighted by Crippen LogP contribution is -2.38. The van der Waals surface area contributed by atoms with Crippen LogP contribution in [0.4, 0.5) is 5.69 Å². The summed E-state index contributed by atoms with van der Waals surface area (Å²) in [7, 11) is 1.50. The monoisotopic (exact) mass is 436 g/mol. The first-order valence-corrected chi connectivity index (χ1v) is 9.91. The van der Waals surface area contributed by atoms with E-state index in [0.29, 0.717) is 41.2 Å². The molecule has 1 atom stereocenters. The number of hydrogen-bond donors (Lipinski definition) is 1. The van der Waals surface area contributed by atoms with Crippen LogP contribution in [0.3, 0.4) is 0 Å². The Hall–Kier alpha value is -2.35. The van der Waals surface area contributed by atoms with Crippen molar-refractivity contribution < 1.29 is 23.9 Å². The number of benzene rings is 1. The SMILES string of the molecule is COc1cc2c(cc1OCCCCCBr)NC(=O)[C@@H]1CC(C=O)=CN1C2=O. The van der Waals surface area contributed by atoms with Gasteiger partial charge in [0.15, 0.2) is 11.5 Å². The number of rotatable bonds is 8. The second kappa shape index (κ2) is 8.56. The molecule has 0 saturated heterocycles. The first-order chi connectivity index (χ1) is 13.1. The van der Waals surface area contributed by atoms with Crippen molar-refractivity contribution in [1.29, 1.82) is 0 Å². The molecule has 8 heteroatoms. The lowest BCUT2D eigenvalue weighted by molar-refractivity contribution is -0.119. The predicted molar refractivity (Wildman–Crippen MR) is 103 cm³/mol. The second-order valence-electron chi connectivity index (χ2n) is 6.39. The number of fused-ring (bicyclic) bond motifs is 2. The summed E-state index contributed by atoms with van der Waals surface area (Å²) in [6.45, 7) is 0.518. The number of carbonyl (C=O) groups is 3. The highest BCUT2D eigenvalue weighted by Crippen LogP contribution is 2.37. The van der Waals surface area contributed by atoms with E-state index < -0.39 is 6.04 Å². The number of anilines is 1. The minimum atomic E-state index is -0.718. The molecule has 0 radical (unpaired) electrons. The Morgan fingerprint density at radius 1 is 1.26 bits per heavy atom. The second-order valence-corrected chi connectivity index (χ2v) is 7.18. The van der Waals surface area contributed by atoms with Crippen molar-refractivity contribution in [3.8, 4) is 11.5 Å². The van der Waals surface area contributed by atoms with E-state index in [9.17, 15) is 14.4 Å². The first kappa shape index (κ1) is 19.4. The molecule has 1 aromatic rings. The van der Waals surface area contributed by atoms with Crippen molar-refractivity contribution in [1.82, 2.24) is 4.90 Å². The van der Waals surface area contributed by atoms with Crippen LogP contribution in [-0.4, -0.2) is 48.1 Å². The van der Waals surface area contributed by atoms with Crippen LogP contribution in [0.1, 0.15) is 36.0 Å². The molecule has 2 heterocycles. The average molecular weight is 437 g/mol. The maximum atomic E-state index is 12.9. The molecule has 0 unspecified atom stereocenters. The van der Waals surface area contributed by atoms with Gasteiger partial charge < -0.3 is 19.7 Å². The Kier molecular flexibility index (Phi) is 6.15. The van der Waals surface area contributed by atoms with E-state index in [2.05, 4.69) is 21.2 Å². The number of nitrogens with one attached hydrogen (secondary N) is 1. The molecule has 1 N–H and O–H groups in total. The third kappa shape index (κ3) is 4.00. The van der Waals surface area contributed by atoms with Crippen molar-refractivity contribution in [3.05, 3.63) is 29.5 Å². The van der Waals surface area contributed by atoms with Crippen LogP contribution in [0, 0.1) is 0 Å². The van der Waals surface area contributed by atoms with E-state index >= 15 is 0 Å². The van der Waals surface area contributed by atoms with Crippen LogP contribution in [0.15, 0.2) is 23.9 Å².